The van der Waals surface area contributed by atoms with Crippen molar-refractivity contribution in [3.63, 3.8) is 0 Å². The van der Waals surface area contributed by atoms with Gasteiger partial charge in [-0.15, -0.1) is 0 Å². The van der Waals surface area contributed by atoms with E-state index in [1.165, 1.54) is 0 Å². The van der Waals surface area contributed by atoms with Crippen molar-refractivity contribution in [1.82, 2.24) is 0 Å². The second-order valence-corrected chi connectivity index (χ2v) is 2.14. The fourth-order valence-electron chi connectivity index (χ4n) is 0.777. The average Bonchev–Trinajstić information content (AvgIpc) is 2.14. The van der Waals surface area contributed by atoms with Crippen LogP contribution in [0.3, 0.4) is 0 Å². The van der Waals surface area contributed by atoms with E-state index in [1.807, 2.05) is 6.08 Å². The van der Waals surface area contributed by atoms with Crippen LogP contribution in [0.2, 0.25) is 0 Å². The lowest BCUT2D eigenvalue weighted by Crippen LogP contribution is -1.83. The van der Waals surface area contributed by atoms with Gasteiger partial charge in [0, 0.05) is 0 Å². The Hall–Kier alpha value is -1.02. The highest BCUT2D eigenvalue weighted by Gasteiger charge is 1.93. The Morgan fingerprint density at radius 1 is 1.30 bits per heavy atom. The average molecular weight is 138 g/mol. The molecule has 1 aliphatic rings. The van der Waals surface area contributed by atoms with Crippen molar-refractivity contribution in [2.24, 2.45) is 0 Å². The monoisotopic (exact) mass is 138 g/mol. The lowest BCUT2D eigenvalue weighted by molar-refractivity contribution is 0.334. The van der Waals surface area contributed by atoms with Crippen LogP contribution in [0.15, 0.2) is 35.6 Å². The van der Waals surface area contributed by atoms with Gasteiger partial charge in [0.1, 0.15) is 5.76 Å². The van der Waals surface area contributed by atoms with Crippen molar-refractivity contribution in [3.8, 4) is 0 Å². The van der Waals surface area contributed by atoms with Gasteiger partial charge in [0.2, 0.25) is 0 Å². The first-order chi connectivity index (χ1) is 4.83. The minimum atomic E-state index is 0.0393. The smallest absolute Gasteiger partial charge is 0.111 e. The van der Waals surface area contributed by atoms with Crippen LogP contribution in [0.5, 0.6) is 0 Å². The van der Waals surface area contributed by atoms with E-state index in [-0.39, 0.29) is 12.4 Å². The van der Waals surface area contributed by atoms with E-state index in [4.69, 9.17) is 10.2 Å². The van der Waals surface area contributed by atoms with Crippen molar-refractivity contribution < 1.29 is 10.2 Å². The highest BCUT2D eigenvalue weighted by Crippen LogP contribution is 2.07. The number of hydrogen-bond donors (Lipinski definition) is 2. The van der Waals surface area contributed by atoms with Gasteiger partial charge in [-0.05, 0) is 24.1 Å². The minimum absolute atomic E-state index is 0.0393. The van der Waals surface area contributed by atoms with Crippen LogP contribution in [-0.4, -0.2) is 16.8 Å². The zero-order valence-electron chi connectivity index (χ0n) is 5.62. The summed E-state index contributed by atoms with van der Waals surface area (Å²) in [5.41, 5.74) is 0.848. The number of aliphatic hydroxyl groups is 2. The molecule has 0 aliphatic heterocycles. The van der Waals surface area contributed by atoms with E-state index >= 15 is 0 Å². The summed E-state index contributed by atoms with van der Waals surface area (Å²) in [5, 5.41) is 17.6. The maximum absolute atomic E-state index is 8.96. The summed E-state index contributed by atoms with van der Waals surface area (Å²) in [6, 6.07) is 0. The maximum Gasteiger partial charge on any atom is 0.111 e. The zero-order chi connectivity index (χ0) is 7.40. The van der Waals surface area contributed by atoms with Crippen molar-refractivity contribution >= 4 is 0 Å². The molecule has 0 aromatic rings. The Bertz CT molecular complexity index is 199. The molecule has 10 heavy (non-hydrogen) atoms. The van der Waals surface area contributed by atoms with Crippen LogP contribution in [0.4, 0.5) is 0 Å². The van der Waals surface area contributed by atoms with E-state index in [2.05, 4.69) is 0 Å². The Kier molecular flexibility index (Phi) is 2.29. The van der Waals surface area contributed by atoms with Gasteiger partial charge >= 0.3 is 0 Å². The Labute approximate surface area is 59.8 Å². The molecular weight excluding hydrogens is 128 g/mol. The van der Waals surface area contributed by atoms with E-state index in [0.717, 1.165) is 5.57 Å². The van der Waals surface area contributed by atoms with Gasteiger partial charge < -0.3 is 10.2 Å². The van der Waals surface area contributed by atoms with E-state index in [9.17, 15) is 0 Å². The largest absolute Gasteiger partial charge is 0.508 e. The Balaban J connectivity index is 2.69. The number of hydrogen-bond acceptors (Lipinski definition) is 2. The van der Waals surface area contributed by atoms with Crippen molar-refractivity contribution in [3.05, 3.63) is 35.6 Å². The van der Waals surface area contributed by atoms with E-state index in [0.29, 0.717) is 6.42 Å². The molecule has 0 amide bonds. The molecule has 0 atom stereocenters. The molecule has 1 rings (SSSR count). The molecule has 0 aromatic heterocycles. The van der Waals surface area contributed by atoms with E-state index in [1.54, 1.807) is 18.2 Å². The lowest BCUT2D eigenvalue weighted by atomic mass is 10.2. The van der Waals surface area contributed by atoms with Gasteiger partial charge in [0.25, 0.3) is 0 Å². The summed E-state index contributed by atoms with van der Waals surface area (Å²) in [7, 11) is 0. The topological polar surface area (TPSA) is 40.5 Å². The van der Waals surface area contributed by atoms with Gasteiger partial charge in [-0.2, -0.15) is 0 Å². The maximum atomic E-state index is 8.96. The molecular formula is C8H10O2. The quantitative estimate of drug-likeness (QED) is 0.573. The highest BCUT2D eigenvalue weighted by molar-refractivity contribution is 5.28. The van der Waals surface area contributed by atoms with Crippen molar-refractivity contribution in [2.45, 2.75) is 6.42 Å². The summed E-state index contributed by atoms with van der Waals surface area (Å²) < 4.78 is 0. The number of allylic oxidation sites excluding steroid dienone is 3. The molecule has 0 bridgehead atoms. The van der Waals surface area contributed by atoms with Crippen LogP contribution in [0.25, 0.3) is 0 Å². The summed E-state index contributed by atoms with van der Waals surface area (Å²) in [5.74, 6) is 0.264. The summed E-state index contributed by atoms with van der Waals surface area (Å²) in [6.45, 7) is 0.0393. The third-order valence-corrected chi connectivity index (χ3v) is 1.36. The van der Waals surface area contributed by atoms with Gasteiger partial charge in [0.15, 0.2) is 0 Å². The number of rotatable bonds is 1. The fraction of sp³-hybridized carbons (Fsp3) is 0.250. The molecule has 0 heterocycles. The molecule has 54 valence electrons. The van der Waals surface area contributed by atoms with Crippen LogP contribution < -0.4 is 0 Å². The van der Waals surface area contributed by atoms with Gasteiger partial charge in [-0.25, -0.2) is 0 Å². The molecule has 0 unspecified atom stereocenters. The second-order valence-electron chi connectivity index (χ2n) is 2.14. The standard InChI is InChI=1S/C8H10O2/c9-6-7-2-1-3-8(10)5-4-7/h2-5,9-10H,1,6H2. The molecule has 2 nitrogen and oxygen atoms in total. The second kappa shape index (κ2) is 3.22. The molecule has 0 aromatic carbocycles. The molecule has 1 aliphatic carbocycles. The summed E-state index contributed by atoms with van der Waals surface area (Å²) >= 11 is 0. The molecule has 0 spiro atoms. The van der Waals surface area contributed by atoms with Crippen LogP contribution in [-0.2, 0) is 0 Å². The molecule has 0 radical (unpaired) electrons. The lowest BCUT2D eigenvalue weighted by Gasteiger charge is -1.90. The van der Waals surface area contributed by atoms with Gasteiger partial charge in [0.05, 0.1) is 6.61 Å². The van der Waals surface area contributed by atoms with Crippen LogP contribution >= 0.6 is 0 Å². The third-order valence-electron chi connectivity index (χ3n) is 1.36. The zero-order valence-corrected chi connectivity index (χ0v) is 5.62. The minimum Gasteiger partial charge on any atom is -0.508 e. The molecule has 2 heteroatoms. The Morgan fingerprint density at radius 3 is 2.80 bits per heavy atom. The third kappa shape index (κ3) is 1.74. The normalized spacial score (nSPS) is 17.7. The Morgan fingerprint density at radius 2 is 2.10 bits per heavy atom. The van der Waals surface area contributed by atoms with Crippen molar-refractivity contribution in [2.75, 3.05) is 6.61 Å². The highest BCUT2D eigenvalue weighted by atomic mass is 16.3. The fourth-order valence-corrected chi connectivity index (χ4v) is 0.777. The van der Waals surface area contributed by atoms with Gasteiger partial charge in [-0.3, -0.25) is 0 Å². The van der Waals surface area contributed by atoms with Crippen LogP contribution in [0.1, 0.15) is 6.42 Å². The van der Waals surface area contributed by atoms with E-state index < -0.39 is 0 Å². The van der Waals surface area contributed by atoms with Gasteiger partial charge in [-0.1, -0.05) is 12.2 Å². The van der Waals surface area contributed by atoms with Crippen molar-refractivity contribution in [1.29, 1.82) is 0 Å². The molecule has 2 N–H and O–H groups in total. The molecule has 0 fully saturated rings. The predicted octanol–water partition coefficient (Wildman–Crippen LogP) is 1.31. The molecule has 0 saturated carbocycles. The first-order valence-corrected chi connectivity index (χ1v) is 3.20. The SMILES string of the molecule is OCC1=CCC=C(O)C=C1. The number of aliphatic hydroxyl groups excluding tert-OH is 2. The predicted molar refractivity (Wildman–Crippen MR) is 39.6 cm³/mol. The van der Waals surface area contributed by atoms with Crippen LogP contribution in [0, 0.1) is 0 Å². The first kappa shape index (κ1) is 7.09. The summed E-state index contributed by atoms with van der Waals surface area (Å²) in [6.07, 6.45) is 7.54. The first-order valence-electron chi connectivity index (χ1n) is 3.20. The molecule has 0 saturated heterocycles. The summed E-state index contributed by atoms with van der Waals surface area (Å²) in [4.78, 5) is 0.